The van der Waals surface area contributed by atoms with Gasteiger partial charge < -0.3 is 15.4 Å². The summed E-state index contributed by atoms with van der Waals surface area (Å²) in [5, 5.41) is 0. The Hall–Kier alpha value is -2.37. The topological polar surface area (TPSA) is 58.8 Å². The number of rotatable bonds is 10. The second-order valence-electron chi connectivity index (χ2n) is 9.45. The maximum absolute atomic E-state index is 12.9. The lowest BCUT2D eigenvalue weighted by atomic mass is 9.89. The molecule has 0 aromatic heterocycles. The van der Waals surface area contributed by atoms with E-state index in [2.05, 4.69) is 29.7 Å². The lowest BCUT2D eigenvalue weighted by molar-refractivity contribution is -0.134. The number of hydrogen-bond donors (Lipinski definition) is 1. The molecular weight excluding hydrogens is 386 g/mol. The molecule has 168 valence electrons. The Labute approximate surface area is 187 Å². The molecule has 31 heavy (non-hydrogen) atoms. The van der Waals surface area contributed by atoms with Crippen LogP contribution >= 0.6 is 0 Å². The average Bonchev–Trinajstić information content (AvgIpc) is 2.72. The number of nitrogens with two attached hydrogens (primary N) is 1. The van der Waals surface area contributed by atoms with Crippen LogP contribution in [-0.4, -0.2) is 55.0 Å². The molecule has 1 atom stereocenters. The molecule has 0 fully saturated rings. The standard InChI is InChI=1S/C26H37N3O2/c1-20(2)18-29-15-13-23-22(19-29)11-8-12-24(23)31-26(25(27)30,14-16-28(3)4)17-21-9-6-5-7-10-21/h5-12,20H,13-19H2,1-4H3,(H2,27,30). The quantitative estimate of drug-likeness (QED) is 0.635. The molecule has 0 radical (unpaired) electrons. The summed E-state index contributed by atoms with van der Waals surface area (Å²) in [5.74, 6) is 1.03. The monoisotopic (exact) mass is 423 g/mol. The van der Waals surface area contributed by atoms with Gasteiger partial charge in [0.15, 0.2) is 5.60 Å². The summed E-state index contributed by atoms with van der Waals surface area (Å²) in [6, 6.07) is 16.2. The number of primary amides is 1. The summed E-state index contributed by atoms with van der Waals surface area (Å²) in [5.41, 5.74) is 8.48. The maximum atomic E-state index is 12.9. The molecule has 0 saturated carbocycles. The van der Waals surface area contributed by atoms with Crippen molar-refractivity contribution < 1.29 is 9.53 Å². The van der Waals surface area contributed by atoms with Crippen molar-refractivity contribution in [3.8, 4) is 5.75 Å². The number of benzene rings is 2. The molecule has 1 heterocycles. The fraction of sp³-hybridized carbons (Fsp3) is 0.500. The van der Waals surface area contributed by atoms with E-state index >= 15 is 0 Å². The van der Waals surface area contributed by atoms with Crippen LogP contribution in [0.2, 0.25) is 0 Å². The molecule has 1 amide bonds. The van der Waals surface area contributed by atoms with E-state index in [0.29, 0.717) is 25.3 Å². The first-order valence-corrected chi connectivity index (χ1v) is 11.3. The molecule has 0 spiro atoms. The Morgan fingerprint density at radius 1 is 1.16 bits per heavy atom. The minimum absolute atomic E-state index is 0.409. The van der Waals surface area contributed by atoms with Crippen molar-refractivity contribution in [3.63, 3.8) is 0 Å². The predicted molar refractivity (Wildman–Crippen MR) is 126 cm³/mol. The molecule has 1 aliphatic rings. The van der Waals surface area contributed by atoms with Crippen LogP contribution in [0.5, 0.6) is 5.75 Å². The van der Waals surface area contributed by atoms with E-state index in [1.165, 1.54) is 11.1 Å². The summed E-state index contributed by atoms with van der Waals surface area (Å²) in [4.78, 5) is 17.4. The predicted octanol–water partition coefficient (Wildman–Crippen LogP) is 3.50. The smallest absolute Gasteiger partial charge is 0.262 e. The molecule has 1 unspecified atom stereocenters. The second kappa shape index (κ2) is 10.3. The third-order valence-electron chi connectivity index (χ3n) is 5.98. The van der Waals surface area contributed by atoms with Gasteiger partial charge in [-0.2, -0.15) is 0 Å². The lowest BCUT2D eigenvalue weighted by Gasteiger charge is -2.36. The van der Waals surface area contributed by atoms with Gasteiger partial charge in [0.25, 0.3) is 5.91 Å². The van der Waals surface area contributed by atoms with E-state index in [0.717, 1.165) is 37.4 Å². The number of ether oxygens (including phenoxy) is 1. The van der Waals surface area contributed by atoms with Gasteiger partial charge in [-0.1, -0.05) is 56.3 Å². The van der Waals surface area contributed by atoms with Crippen molar-refractivity contribution in [2.45, 2.75) is 45.3 Å². The summed E-state index contributed by atoms with van der Waals surface area (Å²) in [6.07, 6.45) is 1.92. The van der Waals surface area contributed by atoms with Crippen LogP contribution in [0.15, 0.2) is 48.5 Å². The Bertz CT molecular complexity index is 866. The highest BCUT2D eigenvalue weighted by Gasteiger charge is 2.40. The molecule has 0 aliphatic carbocycles. The highest BCUT2D eigenvalue weighted by atomic mass is 16.5. The minimum Gasteiger partial charge on any atom is -0.477 e. The highest BCUT2D eigenvalue weighted by molar-refractivity contribution is 5.84. The van der Waals surface area contributed by atoms with Crippen LogP contribution in [0.4, 0.5) is 0 Å². The van der Waals surface area contributed by atoms with Gasteiger partial charge in [0.1, 0.15) is 5.75 Å². The zero-order valence-electron chi connectivity index (χ0n) is 19.4. The fourth-order valence-corrected chi connectivity index (χ4v) is 4.38. The van der Waals surface area contributed by atoms with Crippen molar-refractivity contribution >= 4 is 5.91 Å². The van der Waals surface area contributed by atoms with Gasteiger partial charge >= 0.3 is 0 Å². The van der Waals surface area contributed by atoms with E-state index in [1.807, 2.05) is 56.6 Å². The van der Waals surface area contributed by atoms with Crippen molar-refractivity contribution in [1.82, 2.24) is 9.80 Å². The second-order valence-corrected chi connectivity index (χ2v) is 9.45. The average molecular weight is 424 g/mol. The first kappa shape index (κ1) is 23.3. The van der Waals surface area contributed by atoms with E-state index in [1.54, 1.807) is 0 Å². The van der Waals surface area contributed by atoms with Crippen LogP contribution in [0.3, 0.4) is 0 Å². The molecule has 2 aromatic carbocycles. The van der Waals surface area contributed by atoms with Crippen LogP contribution in [0, 0.1) is 5.92 Å². The van der Waals surface area contributed by atoms with E-state index in [4.69, 9.17) is 10.5 Å². The zero-order chi connectivity index (χ0) is 22.4. The van der Waals surface area contributed by atoms with Crippen LogP contribution < -0.4 is 10.5 Å². The number of amides is 1. The van der Waals surface area contributed by atoms with Gasteiger partial charge in [-0.25, -0.2) is 0 Å². The van der Waals surface area contributed by atoms with Gasteiger partial charge in [0.05, 0.1) is 0 Å². The largest absolute Gasteiger partial charge is 0.477 e. The molecule has 5 heteroatoms. The van der Waals surface area contributed by atoms with Gasteiger partial charge in [-0.15, -0.1) is 0 Å². The highest BCUT2D eigenvalue weighted by Crippen LogP contribution is 2.33. The van der Waals surface area contributed by atoms with Gasteiger partial charge in [-0.3, -0.25) is 9.69 Å². The number of carbonyl (C=O) groups is 1. The fourth-order valence-electron chi connectivity index (χ4n) is 4.38. The number of carbonyl (C=O) groups excluding carboxylic acids is 1. The van der Waals surface area contributed by atoms with Crippen LogP contribution in [0.25, 0.3) is 0 Å². The summed E-state index contributed by atoms with van der Waals surface area (Å²) in [6.45, 7) is 8.24. The summed E-state index contributed by atoms with van der Waals surface area (Å²) < 4.78 is 6.61. The third kappa shape index (κ3) is 6.08. The zero-order valence-corrected chi connectivity index (χ0v) is 19.4. The van der Waals surface area contributed by atoms with Crippen molar-refractivity contribution in [2.75, 3.05) is 33.7 Å². The van der Waals surface area contributed by atoms with E-state index < -0.39 is 11.5 Å². The lowest BCUT2D eigenvalue weighted by Crippen LogP contribution is -2.52. The van der Waals surface area contributed by atoms with Crippen LogP contribution in [0.1, 0.15) is 37.0 Å². The van der Waals surface area contributed by atoms with Crippen molar-refractivity contribution in [2.24, 2.45) is 11.7 Å². The van der Waals surface area contributed by atoms with Crippen LogP contribution in [-0.2, 0) is 24.2 Å². The molecule has 1 aliphatic heterocycles. The normalized spacial score (nSPS) is 16.2. The number of hydrogen-bond acceptors (Lipinski definition) is 4. The van der Waals surface area contributed by atoms with Gasteiger partial charge in [-0.05, 0) is 49.2 Å². The number of fused-ring (bicyclic) bond motifs is 1. The third-order valence-corrected chi connectivity index (χ3v) is 5.98. The molecule has 0 saturated heterocycles. The Kier molecular flexibility index (Phi) is 7.74. The van der Waals surface area contributed by atoms with Gasteiger partial charge in [0, 0.05) is 39.0 Å². The molecule has 5 nitrogen and oxygen atoms in total. The Morgan fingerprint density at radius 3 is 2.55 bits per heavy atom. The van der Waals surface area contributed by atoms with Gasteiger partial charge in [0.2, 0.25) is 0 Å². The molecule has 2 N–H and O–H groups in total. The molecule has 2 aromatic rings. The first-order chi connectivity index (χ1) is 14.8. The summed E-state index contributed by atoms with van der Waals surface area (Å²) in [7, 11) is 4.00. The number of nitrogens with zero attached hydrogens (tertiary/aromatic N) is 2. The van der Waals surface area contributed by atoms with E-state index in [9.17, 15) is 4.79 Å². The molecule has 3 rings (SSSR count). The minimum atomic E-state index is -1.09. The Balaban J connectivity index is 1.91. The van der Waals surface area contributed by atoms with Crippen molar-refractivity contribution in [1.29, 1.82) is 0 Å². The van der Waals surface area contributed by atoms with E-state index in [-0.39, 0.29) is 0 Å². The van der Waals surface area contributed by atoms with Crippen molar-refractivity contribution in [3.05, 3.63) is 65.2 Å². The Morgan fingerprint density at radius 2 is 1.90 bits per heavy atom. The SMILES string of the molecule is CC(C)CN1CCc2c(cccc2OC(CCN(C)C)(Cc2ccccc2)C(N)=O)C1. The first-order valence-electron chi connectivity index (χ1n) is 11.3. The summed E-state index contributed by atoms with van der Waals surface area (Å²) >= 11 is 0. The molecular formula is C26H37N3O2. The molecule has 0 bridgehead atoms. The maximum Gasteiger partial charge on any atom is 0.262 e.